The van der Waals surface area contributed by atoms with Crippen LogP contribution in [0.2, 0.25) is 0 Å². The highest BCUT2D eigenvalue weighted by molar-refractivity contribution is 5.88. The van der Waals surface area contributed by atoms with E-state index in [2.05, 4.69) is 65.7 Å². The second-order valence-corrected chi connectivity index (χ2v) is 14.2. The van der Waals surface area contributed by atoms with Crippen molar-refractivity contribution < 1.29 is 14.6 Å². The lowest BCUT2D eigenvalue weighted by Gasteiger charge is -2.41. The van der Waals surface area contributed by atoms with E-state index in [-0.39, 0.29) is 5.41 Å². The highest BCUT2D eigenvalue weighted by Crippen LogP contribution is 2.45. The second-order valence-electron chi connectivity index (χ2n) is 14.2. The van der Waals surface area contributed by atoms with Crippen molar-refractivity contribution in [1.29, 1.82) is 0 Å². The number of piperidine rings is 1. The van der Waals surface area contributed by atoms with Gasteiger partial charge in [-0.15, -0.1) is 0 Å². The topological polar surface area (TPSA) is 94.6 Å². The van der Waals surface area contributed by atoms with E-state index in [9.17, 15) is 9.90 Å². The number of nitrogens with one attached hydrogen (secondary N) is 1. The molecule has 0 bridgehead atoms. The molecule has 232 valence electrons. The minimum absolute atomic E-state index is 0.258. The van der Waals surface area contributed by atoms with Crippen molar-refractivity contribution in [2.45, 2.75) is 106 Å². The number of carbonyl (C=O) groups is 1. The Morgan fingerprint density at radius 3 is 2.47 bits per heavy atom. The van der Waals surface area contributed by atoms with E-state index in [1.165, 1.54) is 11.1 Å². The zero-order chi connectivity index (χ0) is 31.1. The lowest BCUT2D eigenvalue weighted by Crippen LogP contribution is -2.39. The lowest BCUT2D eigenvalue weighted by molar-refractivity contribution is -0.160. The molecule has 1 fully saturated rings. The number of rotatable bonds is 8. The fourth-order valence-corrected chi connectivity index (χ4v) is 6.56. The van der Waals surface area contributed by atoms with Crippen molar-refractivity contribution in [3.63, 3.8) is 0 Å². The number of H-pyrrole nitrogens is 1. The van der Waals surface area contributed by atoms with Crippen molar-refractivity contribution >= 4 is 11.7 Å². The summed E-state index contributed by atoms with van der Waals surface area (Å²) in [6.45, 7) is 20.9. The minimum atomic E-state index is -1.11. The van der Waals surface area contributed by atoms with Crippen molar-refractivity contribution in [3.05, 3.63) is 64.0 Å². The maximum atomic E-state index is 12.8. The first-order valence-electron chi connectivity index (χ1n) is 15.8. The Hall–Kier alpha value is -3.23. The lowest BCUT2D eigenvalue weighted by atomic mass is 9.81. The van der Waals surface area contributed by atoms with E-state index in [4.69, 9.17) is 9.72 Å². The number of ether oxygens (including phenoxy) is 1. The highest BCUT2D eigenvalue weighted by Gasteiger charge is 2.36. The number of carboxylic acids is 1. The molecule has 3 aromatic rings. The monoisotopic (exact) mass is 587 g/mol. The van der Waals surface area contributed by atoms with Gasteiger partial charge < -0.3 is 19.7 Å². The Morgan fingerprint density at radius 2 is 1.84 bits per heavy atom. The number of hydrogen-bond acceptors (Lipinski definition) is 6. The smallest absolute Gasteiger partial charge is 0.337 e. The molecule has 1 aromatic carbocycles. The van der Waals surface area contributed by atoms with Crippen LogP contribution in [-0.4, -0.2) is 56.2 Å². The first kappa shape index (κ1) is 31.2. The first-order chi connectivity index (χ1) is 20.2. The van der Waals surface area contributed by atoms with Gasteiger partial charge >= 0.3 is 5.97 Å². The van der Waals surface area contributed by atoms with Crippen molar-refractivity contribution in [3.8, 4) is 11.1 Å². The van der Waals surface area contributed by atoms with Gasteiger partial charge in [0.25, 0.3) is 0 Å². The molecule has 2 aliphatic heterocycles. The van der Waals surface area contributed by atoms with Crippen LogP contribution in [0.1, 0.15) is 100 Å². The predicted molar refractivity (Wildman–Crippen MR) is 171 cm³/mol. The van der Waals surface area contributed by atoms with Gasteiger partial charge in [-0.3, -0.25) is 9.88 Å². The number of benzene rings is 1. The summed E-state index contributed by atoms with van der Waals surface area (Å²) >= 11 is 0. The molecule has 8 nitrogen and oxygen atoms in total. The Bertz CT molecular complexity index is 1480. The SMILES string of the molecule is CCc1ncc(CN2CCc3cc(-c4c(C)nc(C)c(C(OC(C)(C)C)C(=O)O)c4N4CCC(C)(C)CC4)ccc3C2)[nH]1. The Morgan fingerprint density at radius 1 is 1.12 bits per heavy atom. The molecule has 8 heteroatoms. The summed E-state index contributed by atoms with van der Waals surface area (Å²) < 4.78 is 6.25. The maximum Gasteiger partial charge on any atom is 0.337 e. The number of hydrogen-bond donors (Lipinski definition) is 2. The van der Waals surface area contributed by atoms with Crippen molar-refractivity contribution in [1.82, 2.24) is 19.9 Å². The van der Waals surface area contributed by atoms with Gasteiger partial charge in [-0.2, -0.15) is 0 Å². The highest BCUT2D eigenvalue weighted by atomic mass is 16.5. The van der Waals surface area contributed by atoms with E-state index < -0.39 is 17.7 Å². The zero-order valence-corrected chi connectivity index (χ0v) is 27.3. The number of carboxylic acid groups (broad SMARTS) is 1. The molecule has 2 aromatic heterocycles. The minimum Gasteiger partial charge on any atom is -0.479 e. The average molecular weight is 588 g/mol. The molecule has 0 radical (unpaired) electrons. The molecule has 1 saturated heterocycles. The van der Waals surface area contributed by atoms with Gasteiger partial charge in [-0.1, -0.05) is 39.0 Å². The molecule has 5 rings (SSSR count). The van der Waals surface area contributed by atoms with Crippen LogP contribution in [0.5, 0.6) is 0 Å². The van der Waals surface area contributed by atoms with Gasteiger partial charge in [0.2, 0.25) is 0 Å². The van der Waals surface area contributed by atoms with Gasteiger partial charge in [-0.25, -0.2) is 9.78 Å². The molecule has 0 aliphatic carbocycles. The number of imidazole rings is 1. The van der Waals surface area contributed by atoms with Gasteiger partial charge in [0, 0.05) is 73.6 Å². The van der Waals surface area contributed by atoms with E-state index >= 15 is 0 Å². The number of pyridine rings is 1. The van der Waals surface area contributed by atoms with Gasteiger partial charge in [-0.05, 0) is 76.0 Å². The summed E-state index contributed by atoms with van der Waals surface area (Å²) in [4.78, 5) is 30.5. The quantitative estimate of drug-likeness (QED) is 0.300. The molecule has 2 N–H and O–H groups in total. The average Bonchev–Trinajstić information content (AvgIpc) is 3.38. The molecular weight excluding hydrogens is 538 g/mol. The van der Waals surface area contributed by atoms with E-state index in [0.717, 1.165) is 98.1 Å². The first-order valence-corrected chi connectivity index (χ1v) is 15.8. The largest absolute Gasteiger partial charge is 0.479 e. The molecule has 0 spiro atoms. The summed E-state index contributed by atoms with van der Waals surface area (Å²) in [7, 11) is 0. The standard InChI is InChI=1S/C35H49N5O3/c1-9-28-36-19-27(38-28)21-39-15-12-24-18-25(10-11-26(24)20-39)29-22(2)37-23(3)30(32(33(41)42)43-34(4,5)6)31(29)40-16-13-35(7,8)14-17-40/h10-11,18-19,32H,9,12-17,20-21H2,1-8H3,(H,36,38)(H,41,42). The van der Waals surface area contributed by atoms with E-state index in [1.807, 2.05) is 33.9 Å². The zero-order valence-electron chi connectivity index (χ0n) is 27.3. The summed E-state index contributed by atoms with van der Waals surface area (Å²) in [5.74, 6) is 0.0479. The normalized spacial score (nSPS) is 18.0. The fraction of sp³-hybridized carbons (Fsp3) is 0.571. The maximum absolute atomic E-state index is 12.8. The summed E-state index contributed by atoms with van der Waals surface area (Å²) in [6, 6.07) is 6.78. The third-order valence-corrected chi connectivity index (χ3v) is 8.97. The summed E-state index contributed by atoms with van der Waals surface area (Å²) in [5.41, 5.74) is 8.88. The number of fused-ring (bicyclic) bond motifs is 1. The Kier molecular flexibility index (Phi) is 8.74. The van der Waals surface area contributed by atoms with Crippen LogP contribution in [0.15, 0.2) is 24.4 Å². The summed E-state index contributed by atoms with van der Waals surface area (Å²) in [6.07, 6.45) is 4.80. The number of aromatic amines is 1. The van der Waals surface area contributed by atoms with Crippen molar-refractivity contribution in [2.75, 3.05) is 24.5 Å². The van der Waals surface area contributed by atoms with Crippen LogP contribution in [0, 0.1) is 19.3 Å². The molecule has 4 heterocycles. The molecule has 43 heavy (non-hydrogen) atoms. The van der Waals surface area contributed by atoms with Crippen LogP contribution in [0.25, 0.3) is 11.1 Å². The van der Waals surface area contributed by atoms with Crippen LogP contribution in [0.4, 0.5) is 5.69 Å². The van der Waals surface area contributed by atoms with Gasteiger partial charge in [0.05, 0.1) is 11.3 Å². The predicted octanol–water partition coefficient (Wildman–Crippen LogP) is 6.78. The third-order valence-electron chi connectivity index (χ3n) is 8.97. The fourth-order valence-electron chi connectivity index (χ4n) is 6.56. The number of anilines is 1. The number of nitrogens with zero attached hydrogens (tertiary/aromatic N) is 4. The van der Waals surface area contributed by atoms with Crippen LogP contribution in [-0.2, 0) is 35.5 Å². The van der Waals surface area contributed by atoms with E-state index in [0.29, 0.717) is 5.56 Å². The number of aromatic nitrogens is 3. The number of aryl methyl sites for hydroxylation is 3. The Balaban J connectivity index is 1.56. The van der Waals surface area contributed by atoms with Crippen LogP contribution < -0.4 is 4.90 Å². The molecule has 0 amide bonds. The molecule has 1 atom stereocenters. The van der Waals surface area contributed by atoms with Crippen molar-refractivity contribution in [2.24, 2.45) is 5.41 Å². The number of aliphatic carboxylic acids is 1. The van der Waals surface area contributed by atoms with Gasteiger partial charge in [0.1, 0.15) is 5.82 Å². The molecule has 1 unspecified atom stereocenters. The summed E-state index contributed by atoms with van der Waals surface area (Å²) in [5, 5.41) is 10.5. The van der Waals surface area contributed by atoms with Crippen LogP contribution >= 0.6 is 0 Å². The Labute approximate surface area is 256 Å². The second kappa shape index (κ2) is 12.0. The van der Waals surface area contributed by atoms with Gasteiger partial charge in [0.15, 0.2) is 6.10 Å². The molecule has 2 aliphatic rings. The van der Waals surface area contributed by atoms with Crippen LogP contribution in [0.3, 0.4) is 0 Å². The third kappa shape index (κ3) is 6.96. The molecular formula is C35H49N5O3. The van der Waals surface area contributed by atoms with E-state index in [1.54, 1.807) is 0 Å². The molecule has 0 saturated carbocycles.